The first-order valence-electron chi connectivity index (χ1n) is 6.00. The van der Waals surface area contributed by atoms with Gasteiger partial charge in [0.1, 0.15) is 12.2 Å². The summed E-state index contributed by atoms with van der Waals surface area (Å²) in [6, 6.07) is 5.02. The highest BCUT2D eigenvalue weighted by molar-refractivity contribution is 9.10. The molecule has 0 bridgehead atoms. The van der Waals surface area contributed by atoms with E-state index in [0.717, 1.165) is 17.3 Å². The van der Waals surface area contributed by atoms with Gasteiger partial charge in [-0.1, -0.05) is 15.9 Å². The van der Waals surface area contributed by atoms with Crippen LogP contribution >= 0.6 is 15.9 Å². The maximum Gasteiger partial charge on any atom is 0.165 e. The first kappa shape index (κ1) is 13.8. The van der Waals surface area contributed by atoms with E-state index in [-0.39, 0.29) is 12.4 Å². The van der Waals surface area contributed by atoms with E-state index in [2.05, 4.69) is 21.2 Å². The second-order valence-electron chi connectivity index (χ2n) is 5.02. The van der Waals surface area contributed by atoms with Crippen LogP contribution in [0.15, 0.2) is 22.7 Å². The number of ether oxygens (including phenoxy) is 1. The highest BCUT2D eigenvalue weighted by Gasteiger charge is 2.27. The lowest BCUT2D eigenvalue weighted by molar-refractivity contribution is 0.0108. The molecule has 0 spiro atoms. The molecule has 3 nitrogen and oxygen atoms in total. The Kier molecular flexibility index (Phi) is 4.25. The van der Waals surface area contributed by atoms with E-state index in [1.54, 1.807) is 19.1 Å². The van der Waals surface area contributed by atoms with Crippen LogP contribution in [0.25, 0.3) is 0 Å². The van der Waals surface area contributed by atoms with Crippen molar-refractivity contribution in [1.82, 2.24) is 5.32 Å². The van der Waals surface area contributed by atoms with Crippen molar-refractivity contribution in [2.24, 2.45) is 0 Å². The highest BCUT2D eigenvalue weighted by Crippen LogP contribution is 2.23. The summed E-state index contributed by atoms with van der Waals surface area (Å²) in [6.45, 7) is 2.19. The molecule has 0 aromatic heterocycles. The number of aliphatic hydroxyl groups is 1. The van der Waals surface area contributed by atoms with Gasteiger partial charge in [-0.15, -0.1) is 0 Å². The Morgan fingerprint density at radius 2 is 2.28 bits per heavy atom. The fourth-order valence-corrected chi connectivity index (χ4v) is 1.86. The SMILES string of the molecule is CC(O)(CNC1CC1)COc1cc(Br)ccc1F. The van der Waals surface area contributed by atoms with Gasteiger partial charge in [-0.2, -0.15) is 0 Å². The van der Waals surface area contributed by atoms with Crippen molar-refractivity contribution in [3.8, 4) is 5.75 Å². The zero-order valence-corrected chi connectivity index (χ0v) is 11.8. The number of hydrogen-bond acceptors (Lipinski definition) is 3. The van der Waals surface area contributed by atoms with E-state index in [9.17, 15) is 9.50 Å². The molecule has 0 heterocycles. The number of rotatable bonds is 6. The Hall–Kier alpha value is -0.650. The molecule has 5 heteroatoms. The Bertz CT molecular complexity index is 421. The van der Waals surface area contributed by atoms with E-state index >= 15 is 0 Å². The standard InChI is InChI=1S/C13H17BrFNO2/c1-13(17,7-16-10-3-4-10)8-18-12-6-9(14)2-5-11(12)15/h2,5-6,10,16-17H,3-4,7-8H2,1H3. The average molecular weight is 318 g/mol. The minimum absolute atomic E-state index is 0.0556. The molecule has 1 unspecified atom stereocenters. The van der Waals surface area contributed by atoms with E-state index in [1.165, 1.54) is 6.07 Å². The minimum atomic E-state index is -1.00. The molecule has 0 radical (unpaired) electrons. The molecule has 1 fully saturated rings. The largest absolute Gasteiger partial charge is 0.487 e. The molecule has 1 aromatic carbocycles. The fraction of sp³-hybridized carbons (Fsp3) is 0.538. The molecule has 1 aromatic rings. The van der Waals surface area contributed by atoms with Crippen molar-refractivity contribution in [2.75, 3.05) is 13.2 Å². The summed E-state index contributed by atoms with van der Waals surface area (Å²) < 4.78 is 19.5. The maximum atomic E-state index is 13.4. The highest BCUT2D eigenvalue weighted by atomic mass is 79.9. The number of nitrogens with one attached hydrogen (secondary N) is 1. The molecule has 1 aliphatic rings. The van der Waals surface area contributed by atoms with Gasteiger partial charge in [0.2, 0.25) is 0 Å². The summed E-state index contributed by atoms with van der Waals surface area (Å²) in [5.41, 5.74) is -1.00. The van der Waals surface area contributed by atoms with Gasteiger partial charge in [-0.25, -0.2) is 4.39 Å². The van der Waals surface area contributed by atoms with Gasteiger partial charge in [0.05, 0.1) is 0 Å². The van der Waals surface area contributed by atoms with E-state index < -0.39 is 11.4 Å². The zero-order chi connectivity index (χ0) is 13.2. The molecule has 0 aliphatic heterocycles. The van der Waals surface area contributed by atoms with Crippen molar-refractivity contribution in [3.63, 3.8) is 0 Å². The monoisotopic (exact) mass is 317 g/mol. The second kappa shape index (κ2) is 5.55. The second-order valence-corrected chi connectivity index (χ2v) is 5.93. The minimum Gasteiger partial charge on any atom is -0.487 e. The number of hydrogen-bond donors (Lipinski definition) is 2. The lowest BCUT2D eigenvalue weighted by atomic mass is 10.1. The lowest BCUT2D eigenvalue weighted by Crippen LogP contribution is -2.43. The Morgan fingerprint density at radius 3 is 2.94 bits per heavy atom. The van der Waals surface area contributed by atoms with Gasteiger partial charge >= 0.3 is 0 Å². The number of benzene rings is 1. The van der Waals surface area contributed by atoms with E-state index in [0.29, 0.717) is 12.6 Å². The van der Waals surface area contributed by atoms with Crippen molar-refractivity contribution in [2.45, 2.75) is 31.4 Å². The number of halogens is 2. The van der Waals surface area contributed by atoms with Gasteiger partial charge in [0, 0.05) is 17.1 Å². The van der Waals surface area contributed by atoms with Gasteiger partial charge in [-0.05, 0) is 38.0 Å². The quantitative estimate of drug-likeness (QED) is 0.847. The summed E-state index contributed by atoms with van der Waals surface area (Å²) in [7, 11) is 0. The Labute approximate surface area is 114 Å². The summed E-state index contributed by atoms with van der Waals surface area (Å²) in [6.07, 6.45) is 2.33. The van der Waals surface area contributed by atoms with Crippen LogP contribution < -0.4 is 10.1 Å². The molecule has 18 heavy (non-hydrogen) atoms. The molecule has 1 atom stereocenters. The van der Waals surface area contributed by atoms with Gasteiger partial charge < -0.3 is 15.2 Å². The van der Waals surface area contributed by atoms with Crippen LogP contribution in [0.5, 0.6) is 5.75 Å². The Balaban J connectivity index is 1.86. The first-order valence-corrected chi connectivity index (χ1v) is 6.79. The van der Waals surface area contributed by atoms with E-state index in [1.807, 2.05) is 0 Å². The summed E-state index contributed by atoms with van der Waals surface area (Å²) in [4.78, 5) is 0. The molecular formula is C13H17BrFNO2. The van der Waals surface area contributed by atoms with Crippen LogP contribution in [-0.2, 0) is 0 Å². The molecule has 0 amide bonds. The van der Waals surface area contributed by atoms with Crippen molar-refractivity contribution >= 4 is 15.9 Å². The molecule has 2 rings (SSSR count). The first-order chi connectivity index (χ1) is 8.46. The predicted molar refractivity (Wildman–Crippen MR) is 71.2 cm³/mol. The van der Waals surface area contributed by atoms with Crippen LogP contribution in [0.3, 0.4) is 0 Å². The van der Waals surface area contributed by atoms with Crippen LogP contribution in [0, 0.1) is 5.82 Å². The van der Waals surface area contributed by atoms with Crippen molar-refractivity contribution in [1.29, 1.82) is 0 Å². The summed E-state index contributed by atoms with van der Waals surface area (Å²) >= 11 is 3.25. The topological polar surface area (TPSA) is 41.5 Å². The third-order valence-corrected chi connectivity index (χ3v) is 3.27. The molecule has 1 saturated carbocycles. The Morgan fingerprint density at radius 1 is 1.56 bits per heavy atom. The van der Waals surface area contributed by atoms with Crippen LogP contribution in [0.1, 0.15) is 19.8 Å². The predicted octanol–water partition coefficient (Wildman–Crippen LogP) is 2.47. The maximum absolute atomic E-state index is 13.4. The van der Waals surface area contributed by atoms with Crippen molar-refractivity contribution in [3.05, 3.63) is 28.5 Å². The van der Waals surface area contributed by atoms with E-state index in [4.69, 9.17) is 4.74 Å². The molecular weight excluding hydrogens is 301 g/mol. The normalized spacial score (nSPS) is 18.4. The molecule has 100 valence electrons. The molecule has 1 aliphatic carbocycles. The third-order valence-electron chi connectivity index (χ3n) is 2.78. The fourth-order valence-electron chi connectivity index (χ4n) is 1.52. The zero-order valence-electron chi connectivity index (χ0n) is 10.2. The van der Waals surface area contributed by atoms with Gasteiger partial charge in [-0.3, -0.25) is 0 Å². The van der Waals surface area contributed by atoms with Crippen molar-refractivity contribution < 1.29 is 14.2 Å². The van der Waals surface area contributed by atoms with Gasteiger partial charge in [0.25, 0.3) is 0 Å². The smallest absolute Gasteiger partial charge is 0.165 e. The molecule has 0 saturated heterocycles. The van der Waals surface area contributed by atoms with Crippen LogP contribution in [-0.4, -0.2) is 29.9 Å². The van der Waals surface area contributed by atoms with Crippen LogP contribution in [0.2, 0.25) is 0 Å². The summed E-state index contributed by atoms with van der Waals surface area (Å²) in [5.74, 6) is -0.278. The average Bonchev–Trinajstić information content (AvgIpc) is 3.12. The van der Waals surface area contributed by atoms with Gasteiger partial charge in [0.15, 0.2) is 11.6 Å². The summed E-state index contributed by atoms with van der Waals surface area (Å²) in [5, 5.41) is 13.3. The van der Waals surface area contributed by atoms with Crippen LogP contribution in [0.4, 0.5) is 4.39 Å². The lowest BCUT2D eigenvalue weighted by Gasteiger charge is -2.24. The molecule has 2 N–H and O–H groups in total. The third kappa shape index (κ3) is 4.23.